The van der Waals surface area contributed by atoms with Gasteiger partial charge in [-0.15, -0.1) is 10.2 Å². The zero-order valence-corrected chi connectivity index (χ0v) is 19.4. The summed E-state index contributed by atoms with van der Waals surface area (Å²) in [6.07, 6.45) is 4.74. The van der Waals surface area contributed by atoms with E-state index in [2.05, 4.69) is 25.3 Å². The molecule has 0 aliphatic carbocycles. The van der Waals surface area contributed by atoms with Gasteiger partial charge < -0.3 is 4.52 Å². The predicted molar refractivity (Wildman–Crippen MR) is 128 cm³/mol. The molecular formula is C24H18ClFN6OS. The van der Waals surface area contributed by atoms with Gasteiger partial charge in [-0.1, -0.05) is 52.8 Å². The third-order valence-corrected chi connectivity index (χ3v) is 6.36. The average molecular weight is 493 g/mol. The molecule has 0 fully saturated rings. The number of halogens is 2. The van der Waals surface area contributed by atoms with E-state index in [0.717, 1.165) is 12.0 Å². The quantitative estimate of drug-likeness (QED) is 0.197. The number of aromatic nitrogens is 6. The highest BCUT2D eigenvalue weighted by atomic mass is 35.5. The van der Waals surface area contributed by atoms with Gasteiger partial charge in [-0.05, 0) is 42.8 Å². The monoisotopic (exact) mass is 492 g/mol. The van der Waals surface area contributed by atoms with Gasteiger partial charge in [-0.3, -0.25) is 9.55 Å². The largest absolute Gasteiger partial charge is 0.339 e. The van der Waals surface area contributed by atoms with Gasteiger partial charge in [-0.25, -0.2) is 4.39 Å². The molecule has 0 spiro atoms. The minimum Gasteiger partial charge on any atom is -0.339 e. The number of hydrogen-bond donors (Lipinski definition) is 0. The van der Waals surface area contributed by atoms with Crippen molar-refractivity contribution in [3.05, 3.63) is 89.8 Å². The molecule has 10 heteroatoms. The first kappa shape index (κ1) is 22.2. The number of thioether (sulfide) groups is 1. The lowest BCUT2D eigenvalue weighted by molar-refractivity contribution is 0.378. The third kappa shape index (κ3) is 4.71. The van der Waals surface area contributed by atoms with E-state index >= 15 is 0 Å². The van der Waals surface area contributed by atoms with E-state index in [0.29, 0.717) is 51.1 Å². The summed E-state index contributed by atoms with van der Waals surface area (Å²) < 4.78 is 21.8. The fourth-order valence-corrected chi connectivity index (χ4v) is 4.50. The summed E-state index contributed by atoms with van der Waals surface area (Å²) in [5, 5.41) is 13.8. The zero-order valence-electron chi connectivity index (χ0n) is 17.8. The van der Waals surface area contributed by atoms with Crippen molar-refractivity contribution in [3.63, 3.8) is 0 Å². The highest BCUT2D eigenvalue weighted by molar-refractivity contribution is 7.99. The van der Waals surface area contributed by atoms with Crippen LogP contribution in [-0.2, 0) is 6.42 Å². The minimum absolute atomic E-state index is 0.365. The smallest absolute Gasteiger partial charge is 0.226 e. The van der Waals surface area contributed by atoms with Gasteiger partial charge in [-0.2, -0.15) is 4.98 Å². The molecule has 0 saturated carbocycles. The Kier molecular flexibility index (Phi) is 6.64. The molecule has 0 radical (unpaired) electrons. The summed E-state index contributed by atoms with van der Waals surface area (Å²) in [6.45, 7) is 0. The predicted octanol–water partition coefficient (Wildman–Crippen LogP) is 5.90. The van der Waals surface area contributed by atoms with Crippen LogP contribution in [0, 0.1) is 5.82 Å². The Morgan fingerprint density at radius 3 is 2.59 bits per heavy atom. The molecule has 5 rings (SSSR count). The van der Waals surface area contributed by atoms with Gasteiger partial charge in [0.1, 0.15) is 5.82 Å². The van der Waals surface area contributed by atoms with E-state index in [1.165, 1.54) is 17.8 Å². The first-order valence-corrected chi connectivity index (χ1v) is 11.9. The molecule has 7 nitrogen and oxygen atoms in total. The van der Waals surface area contributed by atoms with Crippen LogP contribution in [0.5, 0.6) is 0 Å². The van der Waals surface area contributed by atoms with Crippen LogP contribution in [-0.4, -0.2) is 35.6 Å². The number of rotatable bonds is 8. The number of hydrogen-bond acceptors (Lipinski definition) is 7. The SMILES string of the molecule is Fc1ccccc1-n1c(SCCCc2nc(-c3ccncc3)no2)nnc1-c1ccccc1Cl. The topological polar surface area (TPSA) is 82.5 Å². The van der Waals surface area contributed by atoms with E-state index in [9.17, 15) is 4.39 Å². The van der Waals surface area contributed by atoms with E-state index in [1.54, 1.807) is 41.2 Å². The first-order valence-electron chi connectivity index (χ1n) is 10.5. The number of para-hydroxylation sites is 1. The van der Waals surface area contributed by atoms with Crippen LogP contribution >= 0.6 is 23.4 Å². The second-order valence-corrected chi connectivity index (χ2v) is 8.74. The molecular weight excluding hydrogens is 475 g/mol. The van der Waals surface area contributed by atoms with E-state index in [1.807, 2.05) is 30.3 Å². The fraction of sp³-hybridized carbons (Fsp3) is 0.125. The molecule has 0 bridgehead atoms. The normalized spacial score (nSPS) is 11.1. The fourth-order valence-electron chi connectivity index (χ4n) is 3.39. The minimum atomic E-state index is -0.369. The van der Waals surface area contributed by atoms with Crippen LogP contribution in [0.3, 0.4) is 0 Å². The molecule has 0 atom stereocenters. The van der Waals surface area contributed by atoms with Gasteiger partial charge in [0.2, 0.25) is 11.7 Å². The molecule has 170 valence electrons. The van der Waals surface area contributed by atoms with E-state index in [-0.39, 0.29) is 5.82 Å². The number of benzene rings is 2. The molecule has 2 aromatic carbocycles. The van der Waals surface area contributed by atoms with Crippen molar-refractivity contribution in [3.8, 4) is 28.5 Å². The van der Waals surface area contributed by atoms with Crippen LogP contribution in [0.25, 0.3) is 28.5 Å². The second-order valence-electron chi connectivity index (χ2n) is 7.27. The molecule has 5 aromatic rings. The Labute approximate surface area is 204 Å². The lowest BCUT2D eigenvalue weighted by Gasteiger charge is -2.11. The van der Waals surface area contributed by atoms with E-state index in [4.69, 9.17) is 16.1 Å². The summed E-state index contributed by atoms with van der Waals surface area (Å²) in [5.74, 6) is 1.90. The molecule has 34 heavy (non-hydrogen) atoms. The first-order chi connectivity index (χ1) is 16.7. The third-order valence-electron chi connectivity index (χ3n) is 5.01. The Bertz CT molecular complexity index is 1410. The summed E-state index contributed by atoms with van der Waals surface area (Å²) >= 11 is 7.88. The molecule has 3 aromatic heterocycles. The van der Waals surface area contributed by atoms with Crippen molar-refractivity contribution in [2.24, 2.45) is 0 Å². The van der Waals surface area contributed by atoms with Crippen LogP contribution in [0.2, 0.25) is 5.02 Å². The Balaban J connectivity index is 1.33. The van der Waals surface area contributed by atoms with Crippen LogP contribution in [0.1, 0.15) is 12.3 Å². The van der Waals surface area contributed by atoms with Gasteiger partial charge in [0.05, 0.1) is 10.7 Å². The molecule has 0 unspecified atom stereocenters. The van der Waals surface area contributed by atoms with E-state index < -0.39 is 0 Å². The second kappa shape index (κ2) is 10.1. The van der Waals surface area contributed by atoms with Crippen LogP contribution in [0.4, 0.5) is 4.39 Å². The molecule has 0 N–H and O–H groups in total. The van der Waals surface area contributed by atoms with Crippen molar-refractivity contribution < 1.29 is 8.91 Å². The molecule has 0 aliphatic heterocycles. The maximum absolute atomic E-state index is 14.7. The number of pyridine rings is 1. The summed E-state index contributed by atoms with van der Waals surface area (Å²) in [4.78, 5) is 8.44. The Hall–Kier alpha value is -3.56. The maximum atomic E-state index is 14.7. The lowest BCUT2D eigenvalue weighted by Crippen LogP contribution is -2.03. The molecule has 3 heterocycles. The summed E-state index contributed by atoms with van der Waals surface area (Å²) in [5.41, 5.74) is 1.90. The van der Waals surface area contributed by atoms with Gasteiger partial charge >= 0.3 is 0 Å². The van der Waals surface area contributed by atoms with Gasteiger partial charge in [0, 0.05) is 35.7 Å². The Morgan fingerprint density at radius 1 is 0.971 bits per heavy atom. The van der Waals surface area contributed by atoms with Crippen LogP contribution < -0.4 is 0 Å². The summed E-state index contributed by atoms with van der Waals surface area (Å²) in [7, 11) is 0. The van der Waals surface area contributed by atoms with Crippen LogP contribution in [0.15, 0.2) is 82.7 Å². The van der Waals surface area contributed by atoms with Crippen molar-refractivity contribution in [1.29, 1.82) is 0 Å². The molecule has 0 saturated heterocycles. The highest BCUT2D eigenvalue weighted by Gasteiger charge is 2.20. The van der Waals surface area contributed by atoms with Crippen molar-refractivity contribution >= 4 is 23.4 Å². The van der Waals surface area contributed by atoms with Crippen molar-refractivity contribution in [2.75, 3.05) is 5.75 Å². The molecule has 0 amide bonds. The maximum Gasteiger partial charge on any atom is 0.226 e. The average Bonchev–Trinajstić information content (AvgIpc) is 3.51. The number of aryl methyl sites for hydroxylation is 1. The molecule has 0 aliphatic rings. The zero-order chi connectivity index (χ0) is 23.3. The Morgan fingerprint density at radius 2 is 1.76 bits per heavy atom. The van der Waals surface area contributed by atoms with Crippen molar-refractivity contribution in [1.82, 2.24) is 29.9 Å². The standard InChI is InChI=1S/C24H18ClFN6OS/c25-18-7-2-1-6-17(18)23-29-30-24(32(23)20-9-4-3-8-19(20)26)34-15-5-10-21-28-22(31-33-21)16-11-13-27-14-12-16/h1-4,6-9,11-14H,5,10,15H2. The van der Waals surface area contributed by atoms with Crippen molar-refractivity contribution in [2.45, 2.75) is 18.0 Å². The number of nitrogens with zero attached hydrogens (tertiary/aromatic N) is 6. The lowest BCUT2D eigenvalue weighted by atomic mass is 10.2. The van der Waals surface area contributed by atoms with Gasteiger partial charge in [0.15, 0.2) is 11.0 Å². The van der Waals surface area contributed by atoms with Gasteiger partial charge in [0.25, 0.3) is 0 Å². The highest BCUT2D eigenvalue weighted by Crippen LogP contribution is 2.33. The summed E-state index contributed by atoms with van der Waals surface area (Å²) in [6, 6.07) is 17.5.